The summed E-state index contributed by atoms with van der Waals surface area (Å²) in [6.45, 7) is 3.58. The lowest BCUT2D eigenvalue weighted by Gasteiger charge is -2.28. The second-order valence-corrected chi connectivity index (χ2v) is 5.49. The Morgan fingerprint density at radius 1 is 1.59 bits per heavy atom. The second kappa shape index (κ2) is 5.84. The zero-order valence-corrected chi connectivity index (χ0v) is 10.9. The van der Waals surface area contributed by atoms with Crippen LogP contribution >= 0.6 is 11.8 Å². The van der Waals surface area contributed by atoms with E-state index in [1.165, 1.54) is 0 Å². The van der Waals surface area contributed by atoms with Gasteiger partial charge in [0.1, 0.15) is 0 Å². The summed E-state index contributed by atoms with van der Waals surface area (Å²) in [4.78, 5) is 4.29. The van der Waals surface area contributed by atoms with E-state index in [1.54, 1.807) is 11.8 Å². The van der Waals surface area contributed by atoms with Crippen LogP contribution in [0.4, 0.5) is 0 Å². The van der Waals surface area contributed by atoms with Crippen LogP contribution in [0.15, 0.2) is 4.52 Å². The van der Waals surface area contributed by atoms with Crippen molar-refractivity contribution in [3.8, 4) is 0 Å². The number of hydrogen-bond acceptors (Lipinski definition) is 6. The molecule has 0 radical (unpaired) electrons. The van der Waals surface area contributed by atoms with E-state index < -0.39 is 5.60 Å². The molecule has 96 valence electrons. The van der Waals surface area contributed by atoms with Gasteiger partial charge in [0.05, 0.1) is 5.75 Å². The maximum absolute atomic E-state index is 10.4. The van der Waals surface area contributed by atoms with E-state index in [4.69, 9.17) is 4.52 Å². The van der Waals surface area contributed by atoms with Crippen molar-refractivity contribution in [3.05, 3.63) is 11.7 Å². The molecule has 1 aromatic rings. The van der Waals surface area contributed by atoms with Gasteiger partial charge < -0.3 is 14.9 Å². The predicted molar refractivity (Wildman–Crippen MR) is 66.8 cm³/mol. The predicted octanol–water partition coefficient (Wildman–Crippen LogP) is 1.28. The number of aliphatic hydroxyl groups is 1. The summed E-state index contributed by atoms with van der Waals surface area (Å²) in [5, 5.41) is 17.4. The molecule has 1 saturated heterocycles. The van der Waals surface area contributed by atoms with Crippen LogP contribution in [0.3, 0.4) is 0 Å². The number of rotatable bonds is 5. The van der Waals surface area contributed by atoms with Crippen LogP contribution in [-0.4, -0.2) is 34.1 Å². The standard InChI is InChI=1S/C11H19N3O2S/c1-2-6-17-7-9-13-10(16-14-9)11(15)4-3-5-12-8-11/h12,15H,2-8H2,1H3. The van der Waals surface area contributed by atoms with Gasteiger partial charge in [-0.15, -0.1) is 0 Å². The fourth-order valence-electron chi connectivity index (χ4n) is 1.88. The third-order valence-electron chi connectivity index (χ3n) is 2.81. The van der Waals surface area contributed by atoms with E-state index in [1.807, 2.05) is 0 Å². The lowest BCUT2D eigenvalue weighted by molar-refractivity contribution is -0.0167. The average molecular weight is 257 g/mol. The molecule has 1 aromatic heterocycles. The van der Waals surface area contributed by atoms with E-state index in [0.717, 1.165) is 30.9 Å². The first-order chi connectivity index (χ1) is 8.24. The molecule has 1 aliphatic heterocycles. The smallest absolute Gasteiger partial charge is 0.259 e. The minimum atomic E-state index is -0.973. The van der Waals surface area contributed by atoms with Crippen LogP contribution in [0, 0.1) is 0 Å². The first-order valence-corrected chi connectivity index (χ1v) is 7.24. The number of nitrogens with zero attached hydrogens (tertiary/aromatic N) is 2. The zero-order chi connectivity index (χ0) is 12.1. The van der Waals surface area contributed by atoms with Crippen molar-refractivity contribution in [2.24, 2.45) is 0 Å². The van der Waals surface area contributed by atoms with Crippen molar-refractivity contribution < 1.29 is 9.63 Å². The van der Waals surface area contributed by atoms with E-state index in [-0.39, 0.29) is 0 Å². The van der Waals surface area contributed by atoms with Gasteiger partial charge in [0.15, 0.2) is 11.4 Å². The van der Waals surface area contributed by atoms with Crippen molar-refractivity contribution in [2.75, 3.05) is 18.8 Å². The maximum Gasteiger partial charge on any atom is 0.259 e. The number of aromatic nitrogens is 2. The third-order valence-corrected chi connectivity index (χ3v) is 3.97. The van der Waals surface area contributed by atoms with Crippen molar-refractivity contribution in [1.82, 2.24) is 15.5 Å². The van der Waals surface area contributed by atoms with Crippen molar-refractivity contribution in [1.29, 1.82) is 0 Å². The molecular formula is C11H19N3O2S. The van der Waals surface area contributed by atoms with Gasteiger partial charge in [-0.05, 0) is 31.6 Å². The largest absolute Gasteiger partial charge is 0.379 e. The van der Waals surface area contributed by atoms with Gasteiger partial charge in [0.25, 0.3) is 5.89 Å². The van der Waals surface area contributed by atoms with Crippen molar-refractivity contribution in [3.63, 3.8) is 0 Å². The van der Waals surface area contributed by atoms with Gasteiger partial charge in [-0.25, -0.2) is 0 Å². The van der Waals surface area contributed by atoms with E-state index in [9.17, 15) is 5.11 Å². The number of piperidine rings is 1. The molecule has 0 amide bonds. The number of nitrogens with one attached hydrogen (secondary N) is 1. The SMILES string of the molecule is CCCSCc1noc(C2(O)CCCNC2)n1. The first kappa shape index (κ1) is 12.9. The lowest BCUT2D eigenvalue weighted by atomic mass is 9.94. The molecule has 1 fully saturated rings. The van der Waals surface area contributed by atoms with E-state index >= 15 is 0 Å². The third kappa shape index (κ3) is 3.20. The Kier molecular flexibility index (Phi) is 4.42. The number of hydrogen-bond donors (Lipinski definition) is 2. The van der Waals surface area contributed by atoms with Crippen LogP contribution in [0.5, 0.6) is 0 Å². The minimum absolute atomic E-state index is 0.358. The molecule has 17 heavy (non-hydrogen) atoms. The minimum Gasteiger partial charge on any atom is -0.379 e. The Morgan fingerprint density at radius 2 is 2.47 bits per heavy atom. The van der Waals surface area contributed by atoms with E-state index in [2.05, 4.69) is 22.4 Å². The first-order valence-electron chi connectivity index (χ1n) is 6.08. The molecule has 5 nitrogen and oxygen atoms in total. The molecule has 1 aliphatic rings. The summed E-state index contributed by atoms with van der Waals surface area (Å²) in [5.74, 6) is 2.88. The molecule has 0 aliphatic carbocycles. The average Bonchev–Trinajstić information content (AvgIpc) is 2.80. The number of thioether (sulfide) groups is 1. The fourth-order valence-corrected chi connectivity index (χ4v) is 2.61. The van der Waals surface area contributed by atoms with Gasteiger partial charge in [-0.3, -0.25) is 0 Å². The summed E-state index contributed by atoms with van der Waals surface area (Å²) in [7, 11) is 0. The van der Waals surface area contributed by atoms with Crippen LogP contribution in [0.1, 0.15) is 37.9 Å². The maximum atomic E-state index is 10.4. The van der Waals surface area contributed by atoms with Gasteiger partial charge in [-0.1, -0.05) is 12.1 Å². The highest BCUT2D eigenvalue weighted by atomic mass is 32.2. The number of β-amino-alcohol motifs (C(OH)–C–C–N with tert-alkyl or cyclic N) is 1. The summed E-state index contributed by atoms with van der Waals surface area (Å²) in [6, 6.07) is 0. The molecular weight excluding hydrogens is 238 g/mol. The fraction of sp³-hybridized carbons (Fsp3) is 0.818. The topological polar surface area (TPSA) is 71.2 Å². The van der Waals surface area contributed by atoms with Gasteiger partial charge in [-0.2, -0.15) is 16.7 Å². The molecule has 0 saturated carbocycles. The Balaban J connectivity index is 1.96. The van der Waals surface area contributed by atoms with Gasteiger partial charge >= 0.3 is 0 Å². The highest BCUT2D eigenvalue weighted by Gasteiger charge is 2.36. The summed E-state index contributed by atoms with van der Waals surface area (Å²) in [6.07, 6.45) is 2.76. The quantitative estimate of drug-likeness (QED) is 0.774. The summed E-state index contributed by atoms with van der Waals surface area (Å²) >= 11 is 1.78. The molecule has 0 aromatic carbocycles. The zero-order valence-electron chi connectivity index (χ0n) is 10.1. The van der Waals surface area contributed by atoms with Crippen molar-refractivity contribution >= 4 is 11.8 Å². The molecule has 6 heteroatoms. The highest BCUT2D eigenvalue weighted by Crippen LogP contribution is 2.27. The van der Waals surface area contributed by atoms with Crippen LogP contribution in [0.2, 0.25) is 0 Å². The molecule has 0 spiro atoms. The molecule has 2 N–H and O–H groups in total. The monoisotopic (exact) mass is 257 g/mol. The molecule has 1 atom stereocenters. The molecule has 2 rings (SSSR count). The van der Waals surface area contributed by atoms with Crippen LogP contribution in [-0.2, 0) is 11.4 Å². The Bertz CT molecular complexity index is 350. The normalized spacial score (nSPS) is 25.1. The molecule has 0 bridgehead atoms. The molecule has 2 heterocycles. The second-order valence-electron chi connectivity index (χ2n) is 4.38. The van der Waals surface area contributed by atoms with Crippen LogP contribution in [0.25, 0.3) is 0 Å². The summed E-state index contributed by atoms with van der Waals surface area (Å²) < 4.78 is 5.17. The Morgan fingerprint density at radius 3 is 3.18 bits per heavy atom. The Hall–Kier alpha value is -0.590. The highest BCUT2D eigenvalue weighted by molar-refractivity contribution is 7.98. The van der Waals surface area contributed by atoms with Gasteiger partial charge in [0, 0.05) is 6.54 Å². The van der Waals surface area contributed by atoms with Crippen LogP contribution < -0.4 is 5.32 Å². The van der Waals surface area contributed by atoms with E-state index in [0.29, 0.717) is 24.7 Å². The van der Waals surface area contributed by atoms with Crippen molar-refractivity contribution in [2.45, 2.75) is 37.5 Å². The Labute approximate surface area is 105 Å². The lowest BCUT2D eigenvalue weighted by Crippen LogP contribution is -2.43. The van der Waals surface area contributed by atoms with Gasteiger partial charge in [0.2, 0.25) is 0 Å². The molecule has 1 unspecified atom stereocenters. The summed E-state index contributed by atoms with van der Waals surface area (Å²) in [5.41, 5.74) is -0.973.